The maximum Gasteiger partial charge on any atom is 0.310 e. The Morgan fingerprint density at radius 1 is 1.14 bits per heavy atom. The molecule has 0 aliphatic carbocycles. The van der Waals surface area contributed by atoms with Crippen molar-refractivity contribution in [2.45, 2.75) is 6.92 Å². The highest BCUT2D eigenvalue weighted by atomic mass is 16.6. The van der Waals surface area contributed by atoms with Crippen LogP contribution in [0.15, 0.2) is 48.5 Å². The molecule has 0 aliphatic rings. The number of hydrogen-bond donors (Lipinski definition) is 1. The molecule has 0 heterocycles. The van der Waals surface area contributed by atoms with E-state index in [2.05, 4.69) is 5.32 Å². The fraction of sp³-hybridized carbons (Fsp3) is 0.263. The van der Waals surface area contributed by atoms with Crippen LogP contribution in [0.3, 0.4) is 0 Å². The minimum atomic E-state index is -0.584. The number of nitrogens with one attached hydrogen (secondary N) is 1. The van der Waals surface area contributed by atoms with Gasteiger partial charge >= 0.3 is 5.69 Å². The first kappa shape index (κ1) is 20.7. The third-order valence-electron chi connectivity index (χ3n) is 3.86. The number of rotatable bonds is 9. The number of ether oxygens (including phenoxy) is 2. The lowest BCUT2D eigenvalue weighted by Gasteiger charge is -2.20. The largest absolute Gasteiger partial charge is 0.497 e. The van der Waals surface area contributed by atoms with Crippen LogP contribution in [0.4, 0.5) is 11.4 Å². The Balaban J connectivity index is 1.92. The van der Waals surface area contributed by atoms with E-state index < -0.39 is 17.4 Å². The van der Waals surface area contributed by atoms with Crippen LogP contribution in [0, 0.1) is 10.1 Å². The molecule has 1 N–H and O–H groups in total. The van der Waals surface area contributed by atoms with E-state index in [9.17, 15) is 19.7 Å². The van der Waals surface area contributed by atoms with Crippen molar-refractivity contribution in [2.24, 2.45) is 0 Å². The van der Waals surface area contributed by atoms with E-state index in [-0.39, 0.29) is 30.4 Å². The molecule has 0 aliphatic heterocycles. The molecule has 0 unspecified atom stereocenters. The summed E-state index contributed by atoms with van der Waals surface area (Å²) in [5.41, 5.74) is 0.348. The monoisotopic (exact) mass is 387 g/mol. The van der Waals surface area contributed by atoms with Gasteiger partial charge in [-0.05, 0) is 37.3 Å². The summed E-state index contributed by atoms with van der Waals surface area (Å²) in [5, 5.41) is 13.7. The van der Waals surface area contributed by atoms with Gasteiger partial charge in [0.2, 0.25) is 5.91 Å². The Bertz CT molecular complexity index is 838. The molecule has 2 amide bonds. The summed E-state index contributed by atoms with van der Waals surface area (Å²) in [6.07, 6.45) is 0. The average Bonchev–Trinajstić information content (AvgIpc) is 2.70. The number of nitrogens with zero attached hydrogens (tertiary/aromatic N) is 2. The molecule has 2 rings (SSSR count). The van der Waals surface area contributed by atoms with Gasteiger partial charge in [0.25, 0.3) is 5.91 Å². The van der Waals surface area contributed by atoms with Crippen LogP contribution >= 0.6 is 0 Å². The maximum absolute atomic E-state index is 12.3. The lowest BCUT2D eigenvalue weighted by molar-refractivity contribution is -0.385. The number of likely N-dealkylation sites (N-methyl/N-ethyl adjacent to an activating group) is 1. The van der Waals surface area contributed by atoms with Crippen LogP contribution < -0.4 is 14.8 Å². The van der Waals surface area contributed by atoms with Crippen molar-refractivity contribution < 1.29 is 24.0 Å². The fourth-order valence-electron chi connectivity index (χ4n) is 2.39. The molecular formula is C19H21N3O6. The van der Waals surface area contributed by atoms with E-state index in [1.54, 1.807) is 44.4 Å². The van der Waals surface area contributed by atoms with E-state index in [1.807, 2.05) is 0 Å². The zero-order valence-corrected chi connectivity index (χ0v) is 15.6. The second-order valence-electron chi connectivity index (χ2n) is 5.70. The molecule has 9 heteroatoms. The average molecular weight is 387 g/mol. The molecule has 0 saturated heterocycles. The van der Waals surface area contributed by atoms with Gasteiger partial charge in [0.1, 0.15) is 5.75 Å². The highest BCUT2D eigenvalue weighted by molar-refractivity contribution is 5.94. The first-order valence-corrected chi connectivity index (χ1v) is 8.52. The topological polar surface area (TPSA) is 111 Å². The Hall–Kier alpha value is -3.62. The van der Waals surface area contributed by atoms with Gasteiger partial charge in [-0.1, -0.05) is 12.1 Å². The van der Waals surface area contributed by atoms with Crippen LogP contribution in [-0.4, -0.2) is 48.4 Å². The van der Waals surface area contributed by atoms with Crippen LogP contribution in [0.1, 0.15) is 6.92 Å². The summed E-state index contributed by atoms with van der Waals surface area (Å²) in [6.45, 7) is 1.44. The van der Waals surface area contributed by atoms with Gasteiger partial charge in [-0.25, -0.2) is 0 Å². The number of amides is 2. The van der Waals surface area contributed by atoms with Gasteiger partial charge in [-0.15, -0.1) is 0 Å². The highest BCUT2D eigenvalue weighted by Crippen LogP contribution is 2.25. The smallest absolute Gasteiger partial charge is 0.310 e. The number of methoxy groups -OCH3 is 1. The Morgan fingerprint density at radius 2 is 1.82 bits per heavy atom. The van der Waals surface area contributed by atoms with Gasteiger partial charge in [0.05, 0.1) is 18.6 Å². The molecule has 148 valence electrons. The van der Waals surface area contributed by atoms with E-state index in [4.69, 9.17) is 9.47 Å². The lowest BCUT2D eigenvalue weighted by atomic mass is 10.3. The molecule has 0 radical (unpaired) electrons. The predicted octanol–water partition coefficient (Wildman–Crippen LogP) is 2.47. The number of carbonyl (C=O) groups excluding carboxylic acids is 2. The van der Waals surface area contributed by atoms with Crippen molar-refractivity contribution in [3.05, 3.63) is 58.6 Å². The minimum Gasteiger partial charge on any atom is -0.497 e. The summed E-state index contributed by atoms with van der Waals surface area (Å²) in [6, 6.07) is 12.6. The molecule has 0 saturated carbocycles. The van der Waals surface area contributed by atoms with Gasteiger partial charge < -0.3 is 19.7 Å². The Morgan fingerprint density at radius 3 is 2.43 bits per heavy atom. The number of nitro groups is 1. The third kappa shape index (κ3) is 5.70. The molecule has 0 atom stereocenters. The second-order valence-corrected chi connectivity index (χ2v) is 5.70. The number of nitro benzene ring substituents is 1. The van der Waals surface area contributed by atoms with E-state index in [1.165, 1.54) is 23.1 Å². The lowest BCUT2D eigenvalue weighted by Crippen LogP contribution is -2.40. The molecule has 9 nitrogen and oxygen atoms in total. The van der Waals surface area contributed by atoms with E-state index in [0.717, 1.165) is 0 Å². The van der Waals surface area contributed by atoms with Gasteiger partial charge in [-0.2, -0.15) is 0 Å². The van der Waals surface area contributed by atoms with Crippen molar-refractivity contribution in [1.82, 2.24) is 4.90 Å². The molecule has 0 bridgehead atoms. The first-order valence-electron chi connectivity index (χ1n) is 8.52. The zero-order valence-electron chi connectivity index (χ0n) is 15.6. The third-order valence-corrected chi connectivity index (χ3v) is 3.86. The minimum absolute atomic E-state index is 0.000382. The van der Waals surface area contributed by atoms with Crippen molar-refractivity contribution in [3.63, 3.8) is 0 Å². The van der Waals surface area contributed by atoms with Crippen LogP contribution in [0.2, 0.25) is 0 Å². The number of hydrogen-bond acceptors (Lipinski definition) is 6. The second kappa shape index (κ2) is 9.91. The fourth-order valence-corrected chi connectivity index (χ4v) is 2.39. The predicted molar refractivity (Wildman–Crippen MR) is 102 cm³/mol. The van der Waals surface area contributed by atoms with Gasteiger partial charge in [0.15, 0.2) is 12.4 Å². The number of para-hydroxylation sites is 2. The summed E-state index contributed by atoms with van der Waals surface area (Å²) in [4.78, 5) is 36.2. The van der Waals surface area contributed by atoms with Gasteiger partial charge in [-0.3, -0.25) is 19.7 Å². The number of anilines is 1. The zero-order chi connectivity index (χ0) is 20.5. The van der Waals surface area contributed by atoms with Crippen molar-refractivity contribution in [3.8, 4) is 11.5 Å². The van der Waals surface area contributed by atoms with E-state index >= 15 is 0 Å². The Labute approximate surface area is 162 Å². The van der Waals surface area contributed by atoms with Gasteiger partial charge in [0, 0.05) is 18.3 Å². The van der Waals surface area contributed by atoms with Crippen LogP contribution in [-0.2, 0) is 9.59 Å². The van der Waals surface area contributed by atoms with Crippen molar-refractivity contribution in [1.29, 1.82) is 0 Å². The molecule has 0 aromatic heterocycles. The van der Waals surface area contributed by atoms with E-state index in [0.29, 0.717) is 11.4 Å². The molecule has 2 aromatic rings. The molecule has 2 aromatic carbocycles. The molecule has 28 heavy (non-hydrogen) atoms. The van der Waals surface area contributed by atoms with Crippen molar-refractivity contribution in [2.75, 3.05) is 32.1 Å². The number of carbonyl (C=O) groups is 2. The summed E-state index contributed by atoms with van der Waals surface area (Å²) in [5.74, 6) is -0.160. The Kier molecular flexibility index (Phi) is 7.32. The van der Waals surface area contributed by atoms with Crippen molar-refractivity contribution >= 4 is 23.2 Å². The summed E-state index contributed by atoms with van der Waals surface area (Å²) < 4.78 is 10.3. The first-order chi connectivity index (χ1) is 13.4. The maximum atomic E-state index is 12.3. The van der Waals surface area contributed by atoms with Crippen LogP contribution in [0.5, 0.6) is 11.5 Å². The molecular weight excluding hydrogens is 366 g/mol. The van der Waals surface area contributed by atoms with Crippen LogP contribution in [0.25, 0.3) is 0 Å². The highest BCUT2D eigenvalue weighted by Gasteiger charge is 2.19. The quantitative estimate of drug-likeness (QED) is 0.523. The summed E-state index contributed by atoms with van der Waals surface area (Å²) in [7, 11) is 1.55. The normalized spacial score (nSPS) is 10.1. The molecule has 0 fully saturated rings. The summed E-state index contributed by atoms with van der Waals surface area (Å²) >= 11 is 0. The molecule has 0 spiro atoms. The SMILES string of the molecule is CCN(CC(=O)Nc1ccc(OC)cc1)C(=O)COc1ccccc1[N+](=O)[O-]. The number of benzene rings is 2. The standard InChI is InChI=1S/C19H21N3O6/c1-3-21(12-18(23)20-14-8-10-15(27-2)11-9-14)19(24)13-28-17-7-5-4-6-16(17)22(25)26/h4-11H,3,12-13H2,1-2H3,(H,20,23).